The molecule has 0 radical (unpaired) electrons. The zero-order valence-electron chi connectivity index (χ0n) is 10.3. The molecule has 2 aliphatic rings. The van der Waals surface area contributed by atoms with Crippen molar-refractivity contribution < 1.29 is 4.74 Å². The molecule has 0 bridgehead atoms. The minimum atomic E-state index is 0.450. The fourth-order valence-electron chi connectivity index (χ4n) is 2.65. The second kappa shape index (κ2) is 5.09. The first kappa shape index (κ1) is 11.7. The normalized spacial score (nSPS) is 23.8. The molecule has 1 aromatic heterocycles. The van der Waals surface area contributed by atoms with Gasteiger partial charge in [0, 0.05) is 30.7 Å². The molecule has 2 nitrogen and oxygen atoms in total. The molecule has 0 amide bonds. The van der Waals surface area contributed by atoms with Gasteiger partial charge in [-0.15, -0.1) is 11.3 Å². The fraction of sp³-hybridized carbons (Fsp3) is 0.714. The lowest BCUT2D eigenvalue weighted by Crippen LogP contribution is -2.41. The van der Waals surface area contributed by atoms with E-state index in [0.29, 0.717) is 5.41 Å². The Morgan fingerprint density at radius 3 is 2.82 bits per heavy atom. The second-order valence-electron chi connectivity index (χ2n) is 5.52. The van der Waals surface area contributed by atoms with Crippen molar-refractivity contribution in [3.63, 3.8) is 0 Å². The standard InChI is InChI=1S/C14H21NOS/c1-2-13(17-9-1)10-14(5-7-16-8-6-14)11-15-12-3-4-12/h1-2,9,12,15H,3-8,10-11H2. The van der Waals surface area contributed by atoms with Crippen LogP contribution in [0.15, 0.2) is 17.5 Å². The summed E-state index contributed by atoms with van der Waals surface area (Å²) in [6.07, 6.45) is 6.42. The van der Waals surface area contributed by atoms with Crippen molar-refractivity contribution in [2.24, 2.45) is 5.41 Å². The average Bonchev–Trinajstić information content (AvgIpc) is 3.06. The summed E-state index contributed by atoms with van der Waals surface area (Å²) < 4.78 is 5.54. The third kappa shape index (κ3) is 3.09. The monoisotopic (exact) mass is 251 g/mol. The molecule has 1 N–H and O–H groups in total. The number of rotatable bonds is 5. The Balaban J connectivity index is 1.65. The van der Waals surface area contributed by atoms with Gasteiger partial charge in [0.15, 0.2) is 0 Å². The largest absolute Gasteiger partial charge is 0.381 e. The Morgan fingerprint density at radius 1 is 1.35 bits per heavy atom. The molecule has 2 fully saturated rings. The van der Waals surface area contributed by atoms with Crippen LogP contribution in [-0.4, -0.2) is 25.8 Å². The SMILES string of the molecule is c1csc(CC2(CNC3CC3)CCOCC2)c1. The predicted molar refractivity (Wildman–Crippen MR) is 71.5 cm³/mol. The van der Waals surface area contributed by atoms with Crippen LogP contribution in [0, 0.1) is 5.41 Å². The highest BCUT2D eigenvalue weighted by molar-refractivity contribution is 7.09. The third-order valence-electron chi connectivity index (χ3n) is 4.03. The van der Waals surface area contributed by atoms with E-state index in [1.54, 1.807) is 0 Å². The Labute approximate surface area is 107 Å². The molecule has 1 aliphatic heterocycles. The summed E-state index contributed by atoms with van der Waals surface area (Å²) in [6.45, 7) is 3.06. The molecule has 0 spiro atoms. The van der Waals surface area contributed by atoms with E-state index in [4.69, 9.17) is 4.74 Å². The summed E-state index contributed by atoms with van der Waals surface area (Å²) >= 11 is 1.90. The number of nitrogens with one attached hydrogen (secondary N) is 1. The zero-order valence-corrected chi connectivity index (χ0v) is 11.1. The van der Waals surface area contributed by atoms with Crippen molar-refractivity contribution in [1.82, 2.24) is 5.32 Å². The molecular formula is C14H21NOS. The Morgan fingerprint density at radius 2 is 2.18 bits per heavy atom. The van der Waals surface area contributed by atoms with Crippen LogP contribution >= 0.6 is 11.3 Å². The molecule has 3 heteroatoms. The first-order valence-corrected chi connectivity index (χ1v) is 7.58. The highest BCUT2D eigenvalue weighted by atomic mass is 32.1. The fourth-order valence-corrected chi connectivity index (χ4v) is 3.53. The third-order valence-corrected chi connectivity index (χ3v) is 4.90. The van der Waals surface area contributed by atoms with Gasteiger partial charge in [0.1, 0.15) is 0 Å². The lowest BCUT2D eigenvalue weighted by atomic mass is 9.76. The smallest absolute Gasteiger partial charge is 0.0471 e. The molecule has 3 rings (SSSR count). The molecule has 94 valence electrons. The maximum atomic E-state index is 5.54. The predicted octanol–water partition coefficient (Wildman–Crippen LogP) is 2.84. The van der Waals surface area contributed by atoms with Gasteiger partial charge in [0.05, 0.1) is 0 Å². The van der Waals surface area contributed by atoms with E-state index in [0.717, 1.165) is 19.3 Å². The van der Waals surface area contributed by atoms with Crippen LogP contribution in [0.4, 0.5) is 0 Å². The highest BCUT2D eigenvalue weighted by Crippen LogP contribution is 2.36. The Kier molecular flexibility index (Phi) is 3.50. The number of thiophene rings is 1. The van der Waals surface area contributed by atoms with E-state index in [-0.39, 0.29) is 0 Å². The van der Waals surface area contributed by atoms with Crippen LogP contribution in [0.5, 0.6) is 0 Å². The first-order chi connectivity index (χ1) is 8.36. The van der Waals surface area contributed by atoms with Crippen LogP contribution in [0.1, 0.15) is 30.6 Å². The minimum Gasteiger partial charge on any atom is -0.381 e. The summed E-state index contributed by atoms with van der Waals surface area (Å²) in [5, 5.41) is 5.92. The maximum Gasteiger partial charge on any atom is 0.0471 e. The molecule has 0 unspecified atom stereocenters. The van der Waals surface area contributed by atoms with Crippen LogP contribution in [0.3, 0.4) is 0 Å². The summed E-state index contributed by atoms with van der Waals surface area (Å²) in [7, 11) is 0. The molecule has 2 heterocycles. The number of ether oxygens (including phenoxy) is 1. The van der Waals surface area contributed by atoms with Gasteiger partial charge in [-0.2, -0.15) is 0 Å². The summed E-state index contributed by atoms with van der Waals surface area (Å²) in [5.41, 5.74) is 0.450. The maximum absolute atomic E-state index is 5.54. The van der Waals surface area contributed by atoms with Gasteiger partial charge in [-0.1, -0.05) is 6.07 Å². The lowest BCUT2D eigenvalue weighted by molar-refractivity contribution is 0.0151. The topological polar surface area (TPSA) is 21.3 Å². The van der Waals surface area contributed by atoms with Gasteiger partial charge in [-0.25, -0.2) is 0 Å². The van der Waals surface area contributed by atoms with Crippen LogP contribution in [0.25, 0.3) is 0 Å². The molecule has 0 aromatic carbocycles. The van der Waals surface area contributed by atoms with E-state index >= 15 is 0 Å². The van der Waals surface area contributed by atoms with E-state index < -0.39 is 0 Å². The molecule has 1 aromatic rings. The van der Waals surface area contributed by atoms with Crippen molar-refractivity contribution in [1.29, 1.82) is 0 Å². The summed E-state index contributed by atoms with van der Waals surface area (Å²) in [5.74, 6) is 0. The van der Waals surface area contributed by atoms with Crippen molar-refractivity contribution in [2.45, 2.75) is 38.1 Å². The number of hydrogen-bond donors (Lipinski definition) is 1. The highest BCUT2D eigenvalue weighted by Gasteiger charge is 2.34. The lowest BCUT2D eigenvalue weighted by Gasteiger charge is -2.37. The van der Waals surface area contributed by atoms with Crippen LogP contribution in [-0.2, 0) is 11.2 Å². The number of hydrogen-bond acceptors (Lipinski definition) is 3. The molecule has 0 atom stereocenters. The van der Waals surface area contributed by atoms with Crippen molar-refractivity contribution >= 4 is 11.3 Å². The van der Waals surface area contributed by atoms with Gasteiger partial charge >= 0.3 is 0 Å². The van der Waals surface area contributed by atoms with Gasteiger partial charge in [-0.3, -0.25) is 0 Å². The summed E-state index contributed by atoms with van der Waals surface area (Å²) in [6, 6.07) is 5.26. The Bertz CT molecular complexity index is 339. The van der Waals surface area contributed by atoms with E-state index in [1.165, 1.54) is 43.5 Å². The van der Waals surface area contributed by atoms with E-state index in [2.05, 4.69) is 22.8 Å². The minimum absolute atomic E-state index is 0.450. The van der Waals surface area contributed by atoms with Gasteiger partial charge < -0.3 is 10.1 Å². The van der Waals surface area contributed by atoms with Gasteiger partial charge in [-0.05, 0) is 49.0 Å². The van der Waals surface area contributed by atoms with E-state index in [9.17, 15) is 0 Å². The molecule has 1 aliphatic carbocycles. The van der Waals surface area contributed by atoms with Crippen molar-refractivity contribution in [2.75, 3.05) is 19.8 Å². The van der Waals surface area contributed by atoms with Crippen molar-refractivity contribution in [3.8, 4) is 0 Å². The van der Waals surface area contributed by atoms with Crippen LogP contribution in [0.2, 0.25) is 0 Å². The van der Waals surface area contributed by atoms with Gasteiger partial charge in [0.25, 0.3) is 0 Å². The molecule has 17 heavy (non-hydrogen) atoms. The van der Waals surface area contributed by atoms with E-state index in [1.807, 2.05) is 11.3 Å². The molecule has 1 saturated heterocycles. The quantitative estimate of drug-likeness (QED) is 0.869. The summed E-state index contributed by atoms with van der Waals surface area (Å²) in [4.78, 5) is 1.53. The first-order valence-electron chi connectivity index (χ1n) is 6.70. The van der Waals surface area contributed by atoms with Crippen LogP contribution < -0.4 is 5.32 Å². The average molecular weight is 251 g/mol. The molecule has 1 saturated carbocycles. The Hall–Kier alpha value is -0.380. The molecular weight excluding hydrogens is 230 g/mol. The van der Waals surface area contributed by atoms with Crippen molar-refractivity contribution in [3.05, 3.63) is 22.4 Å². The second-order valence-corrected chi connectivity index (χ2v) is 6.56. The van der Waals surface area contributed by atoms with Gasteiger partial charge in [0.2, 0.25) is 0 Å². The zero-order chi connectivity index (χ0) is 11.6.